The second kappa shape index (κ2) is 7.62. The molecule has 1 unspecified atom stereocenters. The van der Waals surface area contributed by atoms with E-state index in [9.17, 15) is 9.90 Å². The SMILES string of the molecule is Cc1ocnc1CN1CCC(C(CC(=O)O)c2ccccc2)CC1. The van der Waals surface area contributed by atoms with Crippen LogP contribution in [-0.4, -0.2) is 34.0 Å². The summed E-state index contributed by atoms with van der Waals surface area (Å²) >= 11 is 0. The van der Waals surface area contributed by atoms with Crippen molar-refractivity contribution in [2.45, 2.75) is 38.6 Å². The second-order valence-electron chi connectivity index (χ2n) is 6.58. The number of carboxylic acid groups (broad SMARTS) is 1. The highest BCUT2D eigenvalue weighted by molar-refractivity contribution is 5.68. The number of aromatic nitrogens is 1. The maximum Gasteiger partial charge on any atom is 0.303 e. The van der Waals surface area contributed by atoms with Crippen LogP contribution in [0.2, 0.25) is 0 Å². The highest BCUT2D eigenvalue weighted by Gasteiger charge is 2.29. The summed E-state index contributed by atoms with van der Waals surface area (Å²) in [6.45, 7) is 4.69. The number of oxazole rings is 1. The van der Waals surface area contributed by atoms with Gasteiger partial charge in [0.05, 0.1) is 12.1 Å². The minimum atomic E-state index is -0.718. The first-order valence-electron chi connectivity index (χ1n) is 8.51. The van der Waals surface area contributed by atoms with E-state index in [0.717, 1.165) is 49.5 Å². The number of benzene rings is 1. The topological polar surface area (TPSA) is 66.6 Å². The minimum Gasteiger partial charge on any atom is -0.481 e. The van der Waals surface area contributed by atoms with E-state index in [1.54, 1.807) is 0 Å². The van der Waals surface area contributed by atoms with E-state index < -0.39 is 5.97 Å². The van der Waals surface area contributed by atoms with Crippen LogP contribution in [0, 0.1) is 12.8 Å². The van der Waals surface area contributed by atoms with Crippen molar-refractivity contribution < 1.29 is 14.3 Å². The Kier molecular flexibility index (Phi) is 5.30. The molecule has 3 rings (SSSR count). The van der Waals surface area contributed by atoms with E-state index in [1.165, 1.54) is 6.39 Å². The first-order chi connectivity index (χ1) is 11.6. The van der Waals surface area contributed by atoms with Gasteiger partial charge in [0.15, 0.2) is 6.39 Å². The number of piperidine rings is 1. The van der Waals surface area contributed by atoms with Crippen LogP contribution in [0.5, 0.6) is 0 Å². The van der Waals surface area contributed by atoms with Crippen LogP contribution >= 0.6 is 0 Å². The first kappa shape index (κ1) is 16.7. The van der Waals surface area contributed by atoms with Gasteiger partial charge in [-0.15, -0.1) is 0 Å². The van der Waals surface area contributed by atoms with Gasteiger partial charge in [-0.25, -0.2) is 4.98 Å². The third-order valence-electron chi connectivity index (χ3n) is 5.04. The monoisotopic (exact) mass is 328 g/mol. The van der Waals surface area contributed by atoms with Gasteiger partial charge in [0.25, 0.3) is 0 Å². The largest absolute Gasteiger partial charge is 0.481 e. The van der Waals surface area contributed by atoms with Gasteiger partial charge in [0.1, 0.15) is 5.76 Å². The molecule has 1 saturated heterocycles. The van der Waals surface area contributed by atoms with Crippen molar-refractivity contribution in [1.29, 1.82) is 0 Å². The first-order valence-corrected chi connectivity index (χ1v) is 8.51. The summed E-state index contributed by atoms with van der Waals surface area (Å²) in [5.41, 5.74) is 2.14. The fraction of sp³-hybridized carbons (Fsp3) is 0.474. The van der Waals surface area contributed by atoms with E-state index in [0.29, 0.717) is 5.92 Å². The van der Waals surface area contributed by atoms with Crippen LogP contribution in [-0.2, 0) is 11.3 Å². The number of hydrogen-bond donors (Lipinski definition) is 1. The third kappa shape index (κ3) is 4.03. The maximum atomic E-state index is 11.3. The van der Waals surface area contributed by atoms with Crippen molar-refractivity contribution in [1.82, 2.24) is 9.88 Å². The Morgan fingerprint density at radius 2 is 2.04 bits per heavy atom. The molecule has 5 heteroatoms. The second-order valence-corrected chi connectivity index (χ2v) is 6.58. The molecule has 1 N–H and O–H groups in total. The van der Waals surface area contributed by atoms with Crippen LogP contribution in [0.15, 0.2) is 41.1 Å². The lowest BCUT2D eigenvalue weighted by molar-refractivity contribution is -0.137. The number of rotatable bonds is 6. The molecule has 128 valence electrons. The van der Waals surface area contributed by atoms with Crippen LogP contribution in [0.3, 0.4) is 0 Å². The Bertz CT molecular complexity index is 660. The number of hydrogen-bond acceptors (Lipinski definition) is 4. The van der Waals surface area contributed by atoms with Crippen LogP contribution < -0.4 is 0 Å². The lowest BCUT2D eigenvalue weighted by Crippen LogP contribution is -2.35. The lowest BCUT2D eigenvalue weighted by Gasteiger charge is -2.35. The molecule has 0 bridgehead atoms. The van der Waals surface area contributed by atoms with Crippen molar-refractivity contribution in [3.05, 3.63) is 53.7 Å². The Labute approximate surface area is 142 Å². The molecule has 24 heavy (non-hydrogen) atoms. The molecule has 1 aliphatic rings. The van der Waals surface area contributed by atoms with Gasteiger partial charge in [0.2, 0.25) is 0 Å². The van der Waals surface area contributed by atoms with Crippen molar-refractivity contribution in [3.63, 3.8) is 0 Å². The zero-order chi connectivity index (χ0) is 16.9. The summed E-state index contributed by atoms with van der Waals surface area (Å²) in [4.78, 5) is 18.0. The van der Waals surface area contributed by atoms with Crippen molar-refractivity contribution in [2.24, 2.45) is 5.92 Å². The molecule has 0 saturated carbocycles. The molecule has 0 spiro atoms. The zero-order valence-electron chi connectivity index (χ0n) is 14.0. The molecular formula is C19H24N2O3. The summed E-state index contributed by atoms with van der Waals surface area (Å²) in [5, 5.41) is 9.30. The summed E-state index contributed by atoms with van der Waals surface area (Å²) in [5.74, 6) is 0.674. The molecule has 1 aromatic carbocycles. The van der Waals surface area contributed by atoms with Gasteiger partial charge in [0, 0.05) is 6.54 Å². The predicted octanol–water partition coefficient (Wildman–Crippen LogP) is 3.45. The number of aliphatic carboxylic acids is 1. The number of carbonyl (C=O) groups is 1. The average molecular weight is 328 g/mol. The van der Waals surface area contributed by atoms with Crippen LogP contribution in [0.25, 0.3) is 0 Å². The van der Waals surface area contributed by atoms with Gasteiger partial charge in [-0.3, -0.25) is 9.69 Å². The number of likely N-dealkylation sites (tertiary alicyclic amines) is 1. The molecule has 2 heterocycles. The van der Waals surface area contributed by atoms with Gasteiger partial charge >= 0.3 is 5.97 Å². The van der Waals surface area contributed by atoms with E-state index in [1.807, 2.05) is 25.1 Å². The molecule has 1 aliphatic heterocycles. The molecule has 0 radical (unpaired) electrons. The third-order valence-corrected chi connectivity index (χ3v) is 5.04. The number of aryl methyl sites for hydroxylation is 1. The Morgan fingerprint density at radius 1 is 1.33 bits per heavy atom. The van der Waals surface area contributed by atoms with Crippen molar-refractivity contribution in [3.8, 4) is 0 Å². The Hall–Kier alpha value is -2.14. The average Bonchev–Trinajstić information content (AvgIpc) is 2.99. The Balaban J connectivity index is 1.62. The maximum absolute atomic E-state index is 11.3. The van der Waals surface area contributed by atoms with E-state index >= 15 is 0 Å². The summed E-state index contributed by atoms with van der Waals surface area (Å²) in [6.07, 6.45) is 3.74. The Morgan fingerprint density at radius 3 is 2.62 bits per heavy atom. The lowest BCUT2D eigenvalue weighted by atomic mass is 9.78. The highest BCUT2D eigenvalue weighted by atomic mass is 16.4. The smallest absolute Gasteiger partial charge is 0.303 e. The number of carboxylic acids is 1. The molecule has 1 aromatic heterocycles. The summed E-state index contributed by atoms with van der Waals surface area (Å²) in [7, 11) is 0. The molecule has 1 atom stereocenters. The molecular weight excluding hydrogens is 304 g/mol. The van der Waals surface area contributed by atoms with Crippen LogP contribution in [0.1, 0.15) is 42.2 Å². The molecule has 0 aliphatic carbocycles. The molecule has 5 nitrogen and oxygen atoms in total. The van der Waals surface area contributed by atoms with E-state index in [4.69, 9.17) is 4.42 Å². The highest BCUT2D eigenvalue weighted by Crippen LogP contribution is 2.35. The number of nitrogens with zero attached hydrogens (tertiary/aromatic N) is 2. The van der Waals surface area contributed by atoms with Gasteiger partial charge in [-0.1, -0.05) is 30.3 Å². The predicted molar refractivity (Wildman–Crippen MR) is 90.7 cm³/mol. The summed E-state index contributed by atoms with van der Waals surface area (Å²) < 4.78 is 5.26. The molecule has 0 amide bonds. The molecule has 1 fully saturated rings. The zero-order valence-corrected chi connectivity index (χ0v) is 14.0. The fourth-order valence-corrected chi connectivity index (χ4v) is 3.65. The van der Waals surface area contributed by atoms with E-state index in [2.05, 4.69) is 22.0 Å². The fourth-order valence-electron chi connectivity index (χ4n) is 3.65. The summed E-state index contributed by atoms with van der Waals surface area (Å²) in [6, 6.07) is 10.1. The quantitative estimate of drug-likeness (QED) is 0.879. The van der Waals surface area contributed by atoms with Gasteiger partial charge in [-0.05, 0) is 50.3 Å². The molecule has 2 aromatic rings. The van der Waals surface area contributed by atoms with Gasteiger partial charge < -0.3 is 9.52 Å². The van der Waals surface area contributed by atoms with Crippen LogP contribution in [0.4, 0.5) is 0 Å². The van der Waals surface area contributed by atoms with E-state index in [-0.39, 0.29) is 12.3 Å². The van der Waals surface area contributed by atoms with Crippen molar-refractivity contribution in [2.75, 3.05) is 13.1 Å². The minimum absolute atomic E-state index is 0.0969. The van der Waals surface area contributed by atoms with Crippen molar-refractivity contribution >= 4 is 5.97 Å². The van der Waals surface area contributed by atoms with Gasteiger partial charge in [-0.2, -0.15) is 0 Å². The normalized spacial score (nSPS) is 17.7. The standard InChI is InChI=1S/C19H24N2O3/c1-14-18(20-13-24-14)12-21-9-7-16(8-10-21)17(11-19(22)23)15-5-3-2-4-6-15/h2-6,13,16-17H,7-12H2,1H3,(H,22,23).